The van der Waals surface area contributed by atoms with Crippen LogP contribution in [0.25, 0.3) is 0 Å². The van der Waals surface area contributed by atoms with E-state index in [0.29, 0.717) is 13.0 Å². The molecule has 3 nitrogen and oxygen atoms in total. The number of methoxy groups -OCH3 is 1. The van der Waals surface area contributed by atoms with Crippen LogP contribution in [-0.4, -0.2) is 19.6 Å². The van der Waals surface area contributed by atoms with Crippen LogP contribution in [0.4, 0.5) is 0 Å². The molecule has 1 N–H and O–H groups in total. The highest BCUT2D eigenvalue weighted by Gasteiger charge is 2.15. The van der Waals surface area contributed by atoms with Gasteiger partial charge in [0, 0.05) is 12.5 Å². The zero-order valence-corrected chi connectivity index (χ0v) is 9.33. The van der Waals surface area contributed by atoms with E-state index >= 15 is 0 Å². The zero-order chi connectivity index (χ0) is 11.1. The van der Waals surface area contributed by atoms with Crippen LogP contribution in [0.1, 0.15) is 17.9 Å². The Morgan fingerprint density at radius 1 is 1.47 bits per heavy atom. The minimum atomic E-state index is -0.226. The third-order valence-corrected chi connectivity index (χ3v) is 2.39. The van der Waals surface area contributed by atoms with Crippen LogP contribution in [-0.2, 0) is 9.53 Å². The summed E-state index contributed by atoms with van der Waals surface area (Å²) >= 11 is 5.47. The Bertz CT molecular complexity index is 303. The number of ether oxygens (including phenoxy) is 1. The fraction of sp³-hybridized carbons (Fsp3) is 0.364. The quantitative estimate of drug-likeness (QED) is 0.618. The van der Waals surface area contributed by atoms with E-state index in [4.69, 9.17) is 11.8 Å². The molecule has 0 amide bonds. The molecule has 1 aromatic carbocycles. The molecule has 1 unspecified atom stereocenters. The number of nitrogens with one attached hydrogen (secondary N) is 1. The van der Waals surface area contributed by atoms with Crippen LogP contribution in [0.5, 0.6) is 0 Å². The molecule has 0 saturated carbocycles. The first-order valence-electron chi connectivity index (χ1n) is 4.73. The zero-order valence-electron chi connectivity index (χ0n) is 8.57. The molecule has 82 valence electrons. The molecule has 0 aliphatic rings. The lowest BCUT2D eigenvalue weighted by atomic mass is 9.96. The Morgan fingerprint density at radius 2 is 2.13 bits per heavy atom. The average molecular weight is 228 g/mol. The topological polar surface area (TPSA) is 38.3 Å². The van der Waals surface area contributed by atoms with Crippen molar-refractivity contribution < 1.29 is 9.53 Å². The Hall–Kier alpha value is -1.06. The molecule has 0 spiro atoms. The van der Waals surface area contributed by atoms with Crippen molar-refractivity contribution in [3.8, 4) is 0 Å². The van der Waals surface area contributed by atoms with Gasteiger partial charge in [-0.3, -0.25) is 4.79 Å². The summed E-state index contributed by atoms with van der Waals surface area (Å²) in [5.41, 5.74) is 1.08. The van der Waals surface area contributed by atoms with Crippen LogP contribution in [0.3, 0.4) is 0 Å². The maximum absolute atomic E-state index is 11.2. The number of rotatable bonds is 5. The molecule has 1 rings (SSSR count). The van der Waals surface area contributed by atoms with E-state index in [-0.39, 0.29) is 11.9 Å². The molecule has 15 heavy (non-hydrogen) atoms. The van der Waals surface area contributed by atoms with Gasteiger partial charge in [0.25, 0.3) is 0 Å². The SMILES string of the molecule is COC(=O)CC(CNCl)c1ccccc1. The molecule has 1 atom stereocenters. The van der Waals surface area contributed by atoms with E-state index in [1.54, 1.807) is 0 Å². The van der Waals surface area contributed by atoms with Crippen molar-refractivity contribution in [2.45, 2.75) is 12.3 Å². The molecule has 0 fully saturated rings. The average Bonchev–Trinajstić information content (AvgIpc) is 2.29. The van der Waals surface area contributed by atoms with Crippen molar-refractivity contribution in [2.24, 2.45) is 0 Å². The first-order chi connectivity index (χ1) is 7.27. The fourth-order valence-corrected chi connectivity index (χ4v) is 1.60. The lowest BCUT2D eigenvalue weighted by Gasteiger charge is -2.14. The summed E-state index contributed by atoms with van der Waals surface area (Å²) in [6.45, 7) is 0.542. The van der Waals surface area contributed by atoms with Gasteiger partial charge in [-0.2, -0.15) is 0 Å². The summed E-state index contributed by atoms with van der Waals surface area (Å²) in [7, 11) is 1.39. The van der Waals surface area contributed by atoms with Gasteiger partial charge in [0.1, 0.15) is 0 Å². The first-order valence-corrected chi connectivity index (χ1v) is 5.11. The van der Waals surface area contributed by atoms with E-state index < -0.39 is 0 Å². The van der Waals surface area contributed by atoms with Gasteiger partial charge < -0.3 is 4.74 Å². The lowest BCUT2D eigenvalue weighted by Crippen LogP contribution is -2.17. The largest absolute Gasteiger partial charge is 0.469 e. The summed E-state index contributed by atoms with van der Waals surface area (Å²) in [5.74, 6) is -0.174. The number of hydrogen-bond acceptors (Lipinski definition) is 3. The van der Waals surface area contributed by atoms with Crippen molar-refractivity contribution in [1.82, 2.24) is 4.84 Å². The van der Waals surface area contributed by atoms with Gasteiger partial charge in [-0.1, -0.05) is 30.3 Å². The van der Waals surface area contributed by atoms with Gasteiger partial charge in [0.2, 0.25) is 0 Å². The number of carbonyl (C=O) groups is 1. The Labute approximate surface area is 94.5 Å². The molecule has 0 aromatic heterocycles. The van der Waals surface area contributed by atoms with Crippen LogP contribution in [0.15, 0.2) is 30.3 Å². The van der Waals surface area contributed by atoms with Gasteiger partial charge >= 0.3 is 5.97 Å². The lowest BCUT2D eigenvalue weighted by molar-refractivity contribution is -0.141. The predicted molar refractivity (Wildman–Crippen MR) is 59.7 cm³/mol. The molecule has 0 bridgehead atoms. The summed E-state index contributed by atoms with van der Waals surface area (Å²) in [6.07, 6.45) is 0.334. The first kappa shape index (κ1) is 12.0. The Balaban J connectivity index is 2.70. The molecule has 0 saturated heterocycles. The molecular formula is C11H14ClNO2. The van der Waals surface area contributed by atoms with E-state index in [9.17, 15) is 4.79 Å². The fourth-order valence-electron chi connectivity index (χ4n) is 1.41. The summed E-state index contributed by atoms with van der Waals surface area (Å²) in [5, 5.41) is 0. The van der Waals surface area contributed by atoms with Crippen LogP contribution in [0, 0.1) is 0 Å². The number of benzene rings is 1. The second-order valence-electron chi connectivity index (χ2n) is 3.23. The monoisotopic (exact) mass is 227 g/mol. The third-order valence-electron chi connectivity index (χ3n) is 2.24. The van der Waals surface area contributed by atoms with E-state index in [1.165, 1.54) is 7.11 Å². The highest BCUT2D eigenvalue weighted by Crippen LogP contribution is 2.19. The number of carbonyl (C=O) groups excluding carboxylic acids is 1. The Kier molecular flexibility index (Phi) is 5.15. The molecule has 0 aliphatic heterocycles. The molecule has 4 heteroatoms. The highest BCUT2D eigenvalue weighted by molar-refractivity contribution is 6.13. The Morgan fingerprint density at radius 3 is 2.67 bits per heavy atom. The minimum Gasteiger partial charge on any atom is -0.469 e. The second kappa shape index (κ2) is 6.43. The highest BCUT2D eigenvalue weighted by atomic mass is 35.5. The van der Waals surface area contributed by atoms with Gasteiger partial charge in [-0.05, 0) is 17.3 Å². The van der Waals surface area contributed by atoms with Crippen molar-refractivity contribution in [2.75, 3.05) is 13.7 Å². The van der Waals surface area contributed by atoms with Gasteiger partial charge in [0.05, 0.1) is 13.5 Å². The third kappa shape index (κ3) is 3.90. The van der Waals surface area contributed by atoms with Crippen LogP contribution >= 0.6 is 11.8 Å². The van der Waals surface area contributed by atoms with Gasteiger partial charge in [0.15, 0.2) is 0 Å². The van der Waals surface area contributed by atoms with Crippen molar-refractivity contribution in [1.29, 1.82) is 0 Å². The van der Waals surface area contributed by atoms with Crippen molar-refractivity contribution in [3.63, 3.8) is 0 Å². The van der Waals surface area contributed by atoms with E-state index in [2.05, 4.69) is 9.57 Å². The van der Waals surface area contributed by atoms with Crippen LogP contribution in [0.2, 0.25) is 0 Å². The summed E-state index contributed by atoms with van der Waals surface area (Å²) in [4.78, 5) is 13.7. The standard InChI is InChI=1S/C11H14ClNO2/c1-15-11(14)7-10(8-13-12)9-5-3-2-4-6-9/h2-6,10,13H,7-8H2,1H3. The molecule has 1 aromatic rings. The van der Waals surface area contributed by atoms with Gasteiger partial charge in [-0.25, -0.2) is 4.84 Å². The maximum atomic E-state index is 11.2. The maximum Gasteiger partial charge on any atom is 0.306 e. The predicted octanol–water partition coefficient (Wildman–Crippen LogP) is 2.08. The summed E-state index contributed by atoms with van der Waals surface area (Å²) < 4.78 is 4.64. The molecular weight excluding hydrogens is 214 g/mol. The van der Waals surface area contributed by atoms with Crippen LogP contribution < -0.4 is 4.84 Å². The van der Waals surface area contributed by atoms with Crippen molar-refractivity contribution >= 4 is 17.7 Å². The number of halogens is 1. The number of esters is 1. The van der Waals surface area contributed by atoms with E-state index in [1.807, 2.05) is 30.3 Å². The normalized spacial score (nSPS) is 12.1. The summed E-state index contributed by atoms with van der Waals surface area (Å²) in [6, 6.07) is 9.76. The second-order valence-corrected chi connectivity index (χ2v) is 3.49. The molecule has 0 heterocycles. The minimum absolute atomic E-state index is 0.0520. The van der Waals surface area contributed by atoms with E-state index in [0.717, 1.165) is 5.56 Å². The smallest absolute Gasteiger partial charge is 0.306 e. The molecule has 0 radical (unpaired) electrons. The number of hydrogen-bond donors (Lipinski definition) is 1. The van der Waals surface area contributed by atoms with Gasteiger partial charge in [-0.15, -0.1) is 0 Å². The molecule has 0 aliphatic carbocycles. The van der Waals surface area contributed by atoms with Crippen molar-refractivity contribution in [3.05, 3.63) is 35.9 Å².